The highest BCUT2D eigenvalue weighted by Crippen LogP contribution is 2.53. The zero-order valence-electron chi connectivity index (χ0n) is 12.2. The van der Waals surface area contributed by atoms with Crippen molar-refractivity contribution in [2.45, 2.75) is 65.4 Å². The van der Waals surface area contributed by atoms with Gasteiger partial charge in [0.05, 0.1) is 6.10 Å². The zero-order chi connectivity index (χ0) is 13.4. The highest BCUT2D eigenvalue weighted by molar-refractivity contribution is 6.76. The van der Waals surface area contributed by atoms with E-state index in [2.05, 4.69) is 33.5 Å². The van der Waals surface area contributed by atoms with Crippen LogP contribution in [0.4, 0.5) is 0 Å². The number of rotatable bonds is 5. The van der Waals surface area contributed by atoms with E-state index in [9.17, 15) is 9.90 Å². The molecular formula is C14H28O2Si. The molecule has 0 radical (unpaired) electrons. The summed E-state index contributed by atoms with van der Waals surface area (Å²) in [5, 5.41) is 10.1. The van der Waals surface area contributed by atoms with E-state index < -0.39 is 8.07 Å². The van der Waals surface area contributed by atoms with Crippen LogP contribution in [0.25, 0.3) is 0 Å². The molecule has 0 spiro atoms. The Kier molecular flexibility index (Phi) is 4.25. The van der Waals surface area contributed by atoms with Crippen LogP contribution in [-0.2, 0) is 4.79 Å². The molecule has 0 amide bonds. The molecular weight excluding hydrogens is 228 g/mol. The fourth-order valence-corrected chi connectivity index (χ4v) is 4.80. The number of aliphatic hydroxyl groups is 1. The molecule has 17 heavy (non-hydrogen) atoms. The lowest BCUT2D eigenvalue weighted by atomic mass is 9.52. The molecule has 0 bridgehead atoms. The Morgan fingerprint density at radius 1 is 1.41 bits per heavy atom. The monoisotopic (exact) mass is 256 g/mol. The summed E-state index contributed by atoms with van der Waals surface area (Å²) in [6, 6.07) is 0.977. The van der Waals surface area contributed by atoms with E-state index in [4.69, 9.17) is 0 Å². The summed E-state index contributed by atoms with van der Waals surface area (Å²) < 4.78 is 0. The van der Waals surface area contributed by atoms with Gasteiger partial charge in [0.2, 0.25) is 0 Å². The van der Waals surface area contributed by atoms with E-state index in [-0.39, 0.29) is 17.4 Å². The van der Waals surface area contributed by atoms with E-state index in [0.29, 0.717) is 11.7 Å². The standard InChI is InChI=1S/C14H28O2Si/c1-10(15)13-8-11(14(13,2)3)7-12(16)9-17(4,5)6/h11-13,16H,7-9H2,1-6H3. The minimum atomic E-state index is -1.18. The molecule has 3 atom stereocenters. The van der Waals surface area contributed by atoms with Crippen molar-refractivity contribution >= 4 is 13.9 Å². The Balaban J connectivity index is 2.48. The van der Waals surface area contributed by atoms with Crippen LogP contribution < -0.4 is 0 Å². The summed E-state index contributed by atoms with van der Waals surface area (Å²) in [5.74, 6) is 1.04. The first-order chi connectivity index (χ1) is 7.54. The van der Waals surface area contributed by atoms with Crippen molar-refractivity contribution in [3.05, 3.63) is 0 Å². The van der Waals surface area contributed by atoms with Gasteiger partial charge in [-0.3, -0.25) is 4.79 Å². The van der Waals surface area contributed by atoms with Crippen LogP contribution in [-0.4, -0.2) is 25.1 Å². The van der Waals surface area contributed by atoms with Crippen molar-refractivity contribution in [2.75, 3.05) is 0 Å². The van der Waals surface area contributed by atoms with Gasteiger partial charge in [0, 0.05) is 14.0 Å². The van der Waals surface area contributed by atoms with Gasteiger partial charge in [-0.1, -0.05) is 33.5 Å². The maximum atomic E-state index is 11.4. The van der Waals surface area contributed by atoms with E-state index >= 15 is 0 Å². The maximum Gasteiger partial charge on any atom is 0.133 e. The van der Waals surface area contributed by atoms with E-state index in [1.165, 1.54) is 0 Å². The Hall–Kier alpha value is -0.153. The number of ketones is 1. The van der Waals surface area contributed by atoms with Gasteiger partial charge in [0.25, 0.3) is 0 Å². The van der Waals surface area contributed by atoms with Crippen molar-refractivity contribution < 1.29 is 9.90 Å². The van der Waals surface area contributed by atoms with E-state index in [0.717, 1.165) is 18.9 Å². The van der Waals surface area contributed by atoms with Crippen molar-refractivity contribution in [1.29, 1.82) is 0 Å². The minimum Gasteiger partial charge on any atom is -0.393 e. The van der Waals surface area contributed by atoms with Crippen LogP contribution in [0.1, 0.15) is 33.6 Å². The molecule has 1 saturated carbocycles. The summed E-state index contributed by atoms with van der Waals surface area (Å²) in [7, 11) is -1.18. The summed E-state index contributed by atoms with van der Waals surface area (Å²) in [6.07, 6.45) is 1.69. The number of carbonyl (C=O) groups is 1. The summed E-state index contributed by atoms with van der Waals surface area (Å²) in [6.45, 7) is 12.9. The van der Waals surface area contributed by atoms with Gasteiger partial charge in [-0.2, -0.15) is 0 Å². The van der Waals surface area contributed by atoms with Gasteiger partial charge in [0.15, 0.2) is 0 Å². The maximum absolute atomic E-state index is 11.4. The van der Waals surface area contributed by atoms with Crippen molar-refractivity contribution in [1.82, 2.24) is 0 Å². The molecule has 1 N–H and O–H groups in total. The smallest absolute Gasteiger partial charge is 0.133 e. The highest BCUT2D eigenvalue weighted by Gasteiger charge is 2.50. The second-order valence-corrected chi connectivity index (χ2v) is 13.1. The molecule has 3 unspecified atom stereocenters. The normalized spacial score (nSPS) is 29.6. The molecule has 1 rings (SSSR count). The third kappa shape index (κ3) is 3.65. The second kappa shape index (κ2) is 4.85. The number of hydrogen-bond donors (Lipinski definition) is 1. The zero-order valence-corrected chi connectivity index (χ0v) is 13.2. The number of carbonyl (C=O) groups excluding carboxylic acids is 1. The summed E-state index contributed by atoms with van der Waals surface area (Å²) in [4.78, 5) is 11.4. The predicted octanol–water partition coefficient (Wildman–Crippen LogP) is 3.33. The van der Waals surface area contributed by atoms with Crippen LogP contribution in [0.15, 0.2) is 0 Å². The van der Waals surface area contributed by atoms with Gasteiger partial charge < -0.3 is 5.11 Å². The van der Waals surface area contributed by atoms with Crippen molar-refractivity contribution in [3.63, 3.8) is 0 Å². The molecule has 0 heterocycles. The fourth-order valence-electron chi connectivity index (χ4n) is 3.22. The van der Waals surface area contributed by atoms with Crippen LogP contribution in [0.2, 0.25) is 25.7 Å². The van der Waals surface area contributed by atoms with Crippen molar-refractivity contribution in [2.24, 2.45) is 17.3 Å². The SMILES string of the molecule is CC(=O)C1CC(CC(O)C[Si](C)(C)C)C1(C)C. The number of hydrogen-bond acceptors (Lipinski definition) is 2. The van der Waals surface area contributed by atoms with Crippen LogP contribution in [0.3, 0.4) is 0 Å². The predicted molar refractivity (Wildman–Crippen MR) is 74.8 cm³/mol. The largest absolute Gasteiger partial charge is 0.393 e. The topological polar surface area (TPSA) is 37.3 Å². The molecule has 0 aromatic rings. The van der Waals surface area contributed by atoms with Crippen molar-refractivity contribution in [3.8, 4) is 0 Å². The second-order valence-electron chi connectivity index (χ2n) is 7.57. The molecule has 0 aliphatic heterocycles. The molecule has 1 fully saturated rings. The Bertz CT molecular complexity index is 291. The van der Waals surface area contributed by atoms with E-state index in [1.54, 1.807) is 6.92 Å². The first kappa shape index (κ1) is 14.9. The molecule has 1 aliphatic carbocycles. The van der Waals surface area contributed by atoms with Crippen LogP contribution in [0, 0.1) is 17.3 Å². The lowest BCUT2D eigenvalue weighted by molar-refractivity contribution is -0.138. The summed E-state index contributed by atoms with van der Waals surface area (Å²) in [5.41, 5.74) is 0.0895. The van der Waals surface area contributed by atoms with Crippen LogP contribution >= 0.6 is 0 Å². The van der Waals surface area contributed by atoms with Gasteiger partial charge >= 0.3 is 0 Å². The lowest BCUT2D eigenvalue weighted by Gasteiger charge is -2.52. The summed E-state index contributed by atoms with van der Waals surface area (Å²) >= 11 is 0. The molecule has 100 valence electrons. The Morgan fingerprint density at radius 2 is 1.94 bits per heavy atom. The molecule has 3 heteroatoms. The minimum absolute atomic E-state index is 0.0895. The van der Waals surface area contributed by atoms with Gasteiger partial charge in [-0.25, -0.2) is 0 Å². The first-order valence-corrected chi connectivity index (χ1v) is 10.4. The van der Waals surface area contributed by atoms with Gasteiger partial charge in [-0.15, -0.1) is 0 Å². The molecule has 0 saturated heterocycles. The molecule has 2 nitrogen and oxygen atoms in total. The molecule has 0 aromatic carbocycles. The van der Waals surface area contributed by atoms with Gasteiger partial charge in [-0.05, 0) is 37.1 Å². The Morgan fingerprint density at radius 3 is 2.29 bits per heavy atom. The lowest BCUT2D eigenvalue weighted by Crippen LogP contribution is -2.49. The third-order valence-electron chi connectivity index (χ3n) is 4.37. The average molecular weight is 256 g/mol. The Labute approximate surface area is 107 Å². The number of aliphatic hydroxyl groups excluding tert-OH is 1. The number of Topliss-reactive ketones (excluding diaryl/α,β-unsaturated/α-hetero) is 1. The fraction of sp³-hybridized carbons (Fsp3) is 0.929. The molecule has 1 aliphatic rings. The first-order valence-electron chi connectivity index (χ1n) is 6.72. The quantitative estimate of drug-likeness (QED) is 0.766. The molecule has 0 aromatic heterocycles. The van der Waals surface area contributed by atoms with E-state index in [1.807, 2.05) is 0 Å². The third-order valence-corrected chi connectivity index (χ3v) is 6.06. The van der Waals surface area contributed by atoms with Crippen LogP contribution in [0.5, 0.6) is 0 Å². The highest BCUT2D eigenvalue weighted by atomic mass is 28.3. The van der Waals surface area contributed by atoms with Gasteiger partial charge in [0.1, 0.15) is 5.78 Å². The average Bonchev–Trinajstić information content (AvgIpc) is 2.07.